The summed E-state index contributed by atoms with van der Waals surface area (Å²) in [5.41, 5.74) is 3.53. The van der Waals surface area contributed by atoms with Crippen molar-refractivity contribution in [3.8, 4) is 11.5 Å². The van der Waals surface area contributed by atoms with Gasteiger partial charge >= 0.3 is 0 Å². The number of hydrogen-bond donors (Lipinski definition) is 4. The van der Waals surface area contributed by atoms with Gasteiger partial charge in [-0.3, -0.25) is 24.6 Å². The Morgan fingerprint density at radius 3 is 2.55 bits per heavy atom. The number of fused-ring (bicyclic) bond motifs is 1. The number of anilines is 1. The molecule has 0 fully saturated rings. The van der Waals surface area contributed by atoms with Crippen LogP contribution in [0, 0.1) is 0 Å². The van der Waals surface area contributed by atoms with Crippen molar-refractivity contribution >= 4 is 40.4 Å². The summed E-state index contributed by atoms with van der Waals surface area (Å²) < 4.78 is 10.5. The number of methoxy groups -OCH3 is 2. The van der Waals surface area contributed by atoms with Crippen LogP contribution in [-0.4, -0.2) is 48.2 Å². The van der Waals surface area contributed by atoms with E-state index in [1.54, 1.807) is 49.1 Å². The van der Waals surface area contributed by atoms with Gasteiger partial charge in [0.2, 0.25) is 17.7 Å². The maximum atomic E-state index is 13.2. The van der Waals surface area contributed by atoms with Crippen LogP contribution in [0.25, 0.3) is 17.0 Å². The zero-order chi connectivity index (χ0) is 27.3. The van der Waals surface area contributed by atoms with Gasteiger partial charge in [-0.1, -0.05) is 37.1 Å². The lowest BCUT2D eigenvalue weighted by Gasteiger charge is -2.18. The molecule has 0 saturated carbocycles. The molecule has 4 N–H and O–H groups in total. The Bertz CT molecular complexity index is 1290. The smallest absolute Gasteiger partial charge is 0.247 e. The Hall–Kier alpha value is -4.44. The van der Waals surface area contributed by atoms with E-state index in [1.165, 1.54) is 13.2 Å². The molecule has 10 nitrogen and oxygen atoms in total. The first-order chi connectivity index (χ1) is 18.4. The van der Waals surface area contributed by atoms with Crippen LogP contribution in [-0.2, 0) is 14.4 Å². The molecule has 3 rings (SSSR count). The summed E-state index contributed by atoms with van der Waals surface area (Å²) in [4.78, 5) is 41.6. The van der Waals surface area contributed by atoms with E-state index in [0.717, 1.165) is 10.9 Å². The Morgan fingerprint density at radius 2 is 1.79 bits per heavy atom. The number of hydroxylamine groups is 1. The molecule has 1 atom stereocenters. The molecule has 38 heavy (non-hydrogen) atoms. The summed E-state index contributed by atoms with van der Waals surface area (Å²) in [6.45, 7) is 0. The van der Waals surface area contributed by atoms with Crippen molar-refractivity contribution in [3.05, 3.63) is 66.4 Å². The predicted octanol–water partition coefficient (Wildman–Crippen LogP) is 3.84. The first kappa shape index (κ1) is 28.1. The number of hydrogen-bond acceptors (Lipinski definition) is 7. The highest BCUT2D eigenvalue weighted by Crippen LogP contribution is 2.28. The SMILES string of the molecule is COc1ccc(/C=C/C(=O)N[C@@H](CCCCCC(=O)NO)C(=O)Nc2cccc3cccnc23)cc1OC. The number of unbranched alkanes of at least 4 members (excludes halogenated alkanes) is 2. The third kappa shape index (κ3) is 8.04. The lowest BCUT2D eigenvalue weighted by atomic mass is 10.1. The number of rotatable bonds is 13. The number of carbonyl (C=O) groups excluding carboxylic acids is 3. The van der Waals surface area contributed by atoms with Gasteiger partial charge in [-0.15, -0.1) is 0 Å². The lowest BCUT2D eigenvalue weighted by Crippen LogP contribution is -2.43. The van der Waals surface area contributed by atoms with Gasteiger partial charge in [0, 0.05) is 24.1 Å². The highest BCUT2D eigenvalue weighted by molar-refractivity contribution is 6.04. The van der Waals surface area contributed by atoms with Crippen LogP contribution in [0.5, 0.6) is 11.5 Å². The van der Waals surface area contributed by atoms with Crippen molar-refractivity contribution in [2.24, 2.45) is 0 Å². The molecular formula is C28H32N4O6. The number of nitrogens with zero attached hydrogens (tertiary/aromatic N) is 1. The van der Waals surface area contributed by atoms with Crippen molar-refractivity contribution in [1.82, 2.24) is 15.8 Å². The number of pyridine rings is 1. The summed E-state index contributed by atoms with van der Waals surface area (Å²) in [6.07, 6.45) is 6.94. The maximum absolute atomic E-state index is 13.2. The highest BCUT2D eigenvalue weighted by atomic mass is 16.5. The molecular weight excluding hydrogens is 488 g/mol. The molecule has 0 aliphatic rings. The maximum Gasteiger partial charge on any atom is 0.247 e. The van der Waals surface area contributed by atoms with E-state index in [0.29, 0.717) is 48.4 Å². The van der Waals surface area contributed by atoms with Crippen LogP contribution in [0.15, 0.2) is 60.8 Å². The topological polar surface area (TPSA) is 139 Å². The van der Waals surface area contributed by atoms with Gasteiger partial charge < -0.3 is 20.1 Å². The lowest BCUT2D eigenvalue weighted by molar-refractivity contribution is -0.129. The van der Waals surface area contributed by atoms with E-state index in [1.807, 2.05) is 24.3 Å². The van der Waals surface area contributed by atoms with Gasteiger partial charge in [-0.25, -0.2) is 5.48 Å². The van der Waals surface area contributed by atoms with Gasteiger partial charge in [-0.05, 0) is 48.7 Å². The second-order valence-electron chi connectivity index (χ2n) is 8.51. The molecule has 10 heteroatoms. The minimum Gasteiger partial charge on any atom is -0.493 e. The van der Waals surface area contributed by atoms with Crippen LogP contribution < -0.4 is 25.6 Å². The van der Waals surface area contributed by atoms with E-state index in [2.05, 4.69) is 15.6 Å². The summed E-state index contributed by atoms with van der Waals surface area (Å²) >= 11 is 0. The van der Waals surface area contributed by atoms with E-state index < -0.39 is 17.9 Å². The molecule has 0 aliphatic carbocycles. The van der Waals surface area contributed by atoms with Crippen molar-refractivity contribution in [3.63, 3.8) is 0 Å². The van der Waals surface area contributed by atoms with E-state index in [-0.39, 0.29) is 12.3 Å². The molecule has 3 aromatic rings. The molecule has 0 spiro atoms. The Labute approximate surface area is 221 Å². The predicted molar refractivity (Wildman–Crippen MR) is 144 cm³/mol. The van der Waals surface area contributed by atoms with Gasteiger partial charge in [0.1, 0.15) is 6.04 Å². The fourth-order valence-electron chi connectivity index (χ4n) is 3.91. The second kappa shape index (κ2) is 14.3. The molecule has 0 saturated heterocycles. The minimum absolute atomic E-state index is 0.176. The third-order valence-corrected chi connectivity index (χ3v) is 5.88. The number of ether oxygens (including phenoxy) is 2. The summed E-state index contributed by atoms with van der Waals surface area (Å²) in [7, 11) is 3.07. The van der Waals surface area contributed by atoms with E-state index in [4.69, 9.17) is 14.7 Å². The number of aromatic nitrogens is 1. The van der Waals surface area contributed by atoms with Gasteiger partial charge in [0.15, 0.2) is 11.5 Å². The highest BCUT2D eigenvalue weighted by Gasteiger charge is 2.21. The molecule has 0 unspecified atom stereocenters. The fraction of sp³-hybridized carbons (Fsp3) is 0.286. The Morgan fingerprint density at radius 1 is 1.00 bits per heavy atom. The normalized spacial score (nSPS) is 11.7. The molecule has 0 bridgehead atoms. The summed E-state index contributed by atoms with van der Waals surface area (Å²) in [5.74, 6) is -0.160. The zero-order valence-corrected chi connectivity index (χ0v) is 21.4. The van der Waals surface area contributed by atoms with Gasteiger partial charge in [-0.2, -0.15) is 0 Å². The van der Waals surface area contributed by atoms with Gasteiger partial charge in [0.05, 0.1) is 25.4 Å². The number of nitrogens with one attached hydrogen (secondary N) is 3. The molecule has 1 heterocycles. The number of carbonyl (C=O) groups is 3. The van der Waals surface area contributed by atoms with E-state index in [9.17, 15) is 14.4 Å². The van der Waals surface area contributed by atoms with Crippen molar-refractivity contribution in [2.75, 3.05) is 19.5 Å². The van der Waals surface area contributed by atoms with Crippen LogP contribution in [0.1, 0.15) is 37.7 Å². The minimum atomic E-state index is -0.816. The van der Waals surface area contributed by atoms with Crippen LogP contribution in [0.4, 0.5) is 5.69 Å². The third-order valence-electron chi connectivity index (χ3n) is 5.88. The van der Waals surface area contributed by atoms with Crippen molar-refractivity contribution in [2.45, 2.75) is 38.1 Å². The standard InChI is InChI=1S/C28H32N4O6/c1-37-23-15-13-19(18-24(23)38-2)14-16-25(33)30-22(10-4-3-5-12-26(34)32-36)28(35)31-21-11-6-8-20-9-7-17-29-27(20)21/h6-9,11,13-18,22,36H,3-5,10,12H2,1-2H3,(H,30,33)(H,31,35)(H,32,34)/b16-14+/t22-/m0/s1. The average Bonchev–Trinajstić information content (AvgIpc) is 2.95. The molecule has 200 valence electrons. The number of para-hydroxylation sites is 1. The van der Waals surface area contributed by atoms with Crippen molar-refractivity contribution in [1.29, 1.82) is 0 Å². The first-order valence-corrected chi connectivity index (χ1v) is 12.2. The number of benzene rings is 2. The van der Waals surface area contributed by atoms with Gasteiger partial charge in [0.25, 0.3) is 0 Å². The van der Waals surface area contributed by atoms with Crippen molar-refractivity contribution < 1.29 is 29.1 Å². The monoisotopic (exact) mass is 520 g/mol. The molecule has 3 amide bonds. The molecule has 0 aliphatic heterocycles. The fourth-order valence-corrected chi connectivity index (χ4v) is 3.91. The van der Waals surface area contributed by atoms with Crippen LogP contribution in [0.3, 0.4) is 0 Å². The summed E-state index contributed by atoms with van der Waals surface area (Å²) in [5, 5.41) is 15.2. The Balaban J connectivity index is 1.70. The van der Waals surface area contributed by atoms with E-state index >= 15 is 0 Å². The van der Waals surface area contributed by atoms with Crippen LogP contribution in [0.2, 0.25) is 0 Å². The zero-order valence-electron chi connectivity index (χ0n) is 21.4. The average molecular weight is 521 g/mol. The molecule has 0 radical (unpaired) electrons. The quantitative estimate of drug-likeness (QED) is 0.116. The second-order valence-corrected chi connectivity index (χ2v) is 8.51. The molecule has 1 aromatic heterocycles. The Kier molecular flexibility index (Phi) is 10.6. The summed E-state index contributed by atoms with van der Waals surface area (Å²) in [6, 6.07) is 13.7. The number of amides is 3. The van der Waals surface area contributed by atoms with Crippen LogP contribution >= 0.6 is 0 Å². The largest absolute Gasteiger partial charge is 0.493 e. The first-order valence-electron chi connectivity index (χ1n) is 12.2. The molecule has 2 aromatic carbocycles.